The molecule has 0 spiro atoms. The van der Waals surface area contributed by atoms with E-state index >= 15 is 0 Å². The standard InChI is InChI=1S/C13H19ClN2O/c1-9(13(2,3)4)16(5)12(17)10-6-7-15-8-11(10)14/h6-9H,1-5H3. The van der Waals surface area contributed by atoms with Gasteiger partial charge in [-0.25, -0.2) is 0 Å². The van der Waals surface area contributed by atoms with Gasteiger partial charge in [0.05, 0.1) is 10.6 Å². The van der Waals surface area contributed by atoms with E-state index in [1.165, 1.54) is 6.20 Å². The van der Waals surface area contributed by atoms with Crippen molar-refractivity contribution in [2.24, 2.45) is 5.41 Å². The number of carbonyl (C=O) groups excluding carboxylic acids is 1. The van der Waals surface area contributed by atoms with Crippen molar-refractivity contribution in [1.82, 2.24) is 9.88 Å². The lowest BCUT2D eigenvalue weighted by Crippen LogP contribution is -2.43. The first-order valence-corrected chi connectivity index (χ1v) is 5.99. The molecule has 0 fully saturated rings. The largest absolute Gasteiger partial charge is 0.338 e. The monoisotopic (exact) mass is 254 g/mol. The number of hydrogen-bond donors (Lipinski definition) is 0. The summed E-state index contributed by atoms with van der Waals surface area (Å²) in [7, 11) is 1.80. The number of pyridine rings is 1. The number of hydrogen-bond acceptors (Lipinski definition) is 2. The van der Waals surface area contributed by atoms with Crippen LogP contribution in [-0.2, 0) is 0 Å². The summed E-state index contributed by atoms with van der Waals surface area (Å²) in [4.78, 5) is 17.9. The molecule has 3 nitrogen and oxygen atoms in total. The van der Waals surface area contributed by atoms with E-state index in [4.69, 9.17) is 11.6 Å². The Labute approximate surface area is 108 Å². The van der Waals surface area contributed by atoms with Crippen LogP contribution in [0.25, 0.3) is 0 Å². The van der Waals surface area contributed by atoms with Gasteiger partial charge < -0.3 is 4.90 Å². The maximum Gasteiger partial charge on any atom is 0.255 e. The Morgan fingerprint density at radius 1 is 1.47 bits per heavy atom. The minimum Gasteiger partial charge on any atom is -0.338 e. The summed E-state index contributed by atoms with van der Waals surface area (Å²) in [6, 6.07) is 1.77. The average molecular weight is 255 g/mol. The highest BCUT2D eigenvalue weighted by atomic mass is 35.5. The van der Waals surface area contributed by atoms with Crippen molar-refractivity contribution in [3.05, 3.63) is 29.0 Å². The van der Waals surface area contributed by atoms with Crippen molar-refractivity contribution in [3.8, 4) is 0 Å². The van der Waals surface area contributed by atoms with Gasteiger partial charge in [-0.1, -0.05) is 32.4 Å². The highest BCUT2D eigenvalue weighted by molar-refractivity contribution is 6.33. The molecule has 1 atom stereocenters. The SMILES string of the molecule is CC(N(C)C(=O)c1ccncc1Cl)C(C)(C)C. The Hall–Kier alpha value is -1.09. The fourth-order valence-corrected chi connectivity index (χ4v) is 1.70. The Bertz CT molecular complexity index is 412. The zero-order valence-electron chi connectivity index (χ0n) is 11.0. The molecule has 1 rings (SSSR count). The average Bonchev–Trinajstić information content (AvgIpc) is 2.25. The lowest BCUT2D eigenvalue weighted by atomic mass is 9.87. The fourth-order valence-electron chi connectivity index (χ4n) is 1.50. The van der Waals surface area contributed by atoms with Gasteiger partial charge in [-0.2, -0.15) is 0 Å². The van der Waals surface area contributed by atoms with E-state index in [2.05, 4.69) is 25.8 Å². The maximum atomic E-state index is 12.3. The molecule has 0 N–H and O–H groups in total. The molecule has 0 saturated heterocycles. The molecule has 0 aliphatic carbocycles. The summed E-state index contributed by atoms with van der Waals surface area (Å²) >= 11 is 5.97. The zero-order valence-corrected chi connectivity index (χ0v) is 11.7. The van der Waals surface area contributed by atoms with E-state index in [1.54, 1.807) is 24.2 Å². The van der Waals surface area contributed by atoms with Crippen LogP contribution in [0.2, 0.25) is 5.02 Å². The molecular weight excluding hydrogens is 236 g/mol. The van der Waals surface area contributed by atoms with Crippen LogP contribution in [0.3, 0.4) is 0 Å². The number of rotatable bonds is 2. The molecule has 1 heterocycles. The summed E-state index contributed by atoms with van der Waals surface area (Å²) in [5, 5.41) is 0.394. The highest BCUT2D eigenvalue weighted by Crippen LogP contribution is 2.25. The Morgan fingerprint density at radius 3 is 2.53 bits per heavy atom. The van der Waals surface area contributed by atoms with E-state index < -0.39 is 0 Å². The molecular formula is C13H19ClN2O. The number of carbonyl (C=O) groups is 1. The Morgan fingerprint density at radius 2 is 2.06 bits per heavy atom. The Balaban J connectivity index is 2.95. The van der Waals surface area contributed by atoms with Crippen LogP contribution in [-0.4, -0.2) is 28.9 Å². The molecule has 4 heteroatoms. The molecule has 94 valence electrons. The van der Waals surface area contributed by atoms with E-state index in [1.807, 2.05) is 6.92 Å². The molecule has 0 aliphatic heterocycles. The minimum atomic E-state index is -0.0696. The second-order valence-electron chi connectivity index (χ2n) is 5.31. The van der Waals surface area contributed by atoms with Crippen molar-refractivity contribution < 1.29 is 4.79 Å². The molecule has 1 unspecified atom stereocenters. The van der Waals surface area contributed by atoms with Gasteiger partial charge in [0.25, 0.3) is 5.91 Å². The summed E-state index contributed by atoms with van der Waals surface area (Å²) in [5.74, 6) is -0.0696. The van der Waals surface area contributed by atoms with Gasteiger partial charge in [-0.15, -0.1) is 0 Å². The molecule has 0 saturated carbocycles. The summed E-state index contributed by atoms with van der Waals surface area (Å²) < 4.78 is 0. The predicted molar refractivity (Wildman–Crippen MR) is 70.3 cm³/mol. The molecule has 17 heavy (non-hydrogen) atoms. The molecule has 0 aromatic carbocycles. The van der Waals surface area contributed by atoms with Crippen LogP contribution in [0, 0.1) is 5.41 Å². The van der Waals surface area contributed by atoms with Crippen LogP contribution >= 0.6 is 11.6 Å². The van der Waals surface area contributed by atoms with Crippen LogP contribution in [0.15, 0.2) is 18.5 Å². The second kappa shape index (κ2) is 5.05. The molecule has 1 aromatic rings. The first-order chi connectivity index (χ1) is 7.75. The van der Waals surface area contributed by atoms with E-state index in [9.17, 15) is 4.79 Å². The lowest BCUT2D eigenvalue weighted by molar-refractivity contribution is 0.0629. The van der Waals surface area contributed by atoms with Gasteiger partial charge in [-0.3, -0.25) is 9.78 Å². The van der Waals surface area contributed by atoms with Crippen LogP contribution in [0.1, 0.15) is 38.1 Å². The first kappa shape index (κ1) is 14.0. The van der Waals surface area contributed by atoms with E-state index in [0.29, 0.717) is 10.6 Å². The quantitative estimate of drug-likeness (QED) is 0.812. The molecule has 0 radical (unpaired) electrons. The summed E-state index contributed by atoms with van der Waals surface area (Å²) in [5.41, 5.74) is 0.532. The molecule has 1 aromatic heterocycles. The van der Waals surface area contributed by atoms with E-state index in [0.717, 1.165) is 0 Å². The third-order valence-corrected chi connectivity index (χ3v) is 3.46. The fraction of sp³-hybridized carbons (Fsp3) is 0.538. The summed E-state index contributed by atoms with van der Waals surface area (Å²) in [6.07, 6.45) is 3.07. The maximum absolute atomic E-state index is 12.3. The number of amides is 1. The van der Waals surface area contributed by atoms with Gasteiger partial charge in [0.2, 0.25) is 0 Å². The number of halogens is 1. The number of aromatic nitrogens is 1. The first-order valence-electron chi connectivity index (χ1n) is 5.62. The van der Waals surface area contributed by atoms with Gasteiger partial charge in [-0.05, 0) is 18.4 Å². The Kier molecular flexibility index (Phi) is 4.15. The van der Waals surface area contributed by atoms with Crippen molar-refractivity contribution in [2.75, 3.05) is 7.05 Å². The third-order valence-electron chi connectivity index (χ3n) is 3.16. The van der Waals surface area contributed by atoms with Crippen LogP contribution in [0.5, 0.6) is 0 Å². The summed E-state index contributed by atoms with van der Waals surface area (Å²) in [6.45, 7) is 8.35. The smallest absolute Gasteiger partial charge is 0.255 e. The van der Waals surface area contributed by atoms with Crippen LogP contribution in [0.4, 0.5) is 0 Å². The van der Waals surface area contributed by atoms with Crippen molar-refractivity contribution in [2.45, 2.75) is 33.7 Å². The minimum absolute atomic E-state index is 0.0317. The van der Waals surface area contributed by atoms with E-state index in [-0.39, 0.29) is 17.4 Å². The van der Waals surface area contributed by atoms with Crippen molar-refractivity contribution in [1.29, 1.82) is 0 Å². The normalized spacial score (nSPS) is 13.3. The van der Waals surface area contributed by atoms with Crippen LogP contribution < -0.4 is 0 Å². The predicted octanol–water partition coefficient (Wildman–Crippen LogP) is 3.24. The lowest BCUT2D eigenvalue weighted by Gasteiger charge is -2.35. The second-order valence-corrected chi connectivity index (χ2v) is 5.72. The third kappa shape index (κ3) is 3.19. The van der Waals surface area contributed by atoms with Gasteiger partial charge in [0.15, 0.2) is 0 Å². The molecule has 1 amide bonds. The van der Waals surface area contributed by atoms with Crippen molar-refractivity contribution in [3.63, 3.8) is 0 Å². The van der Waals surface area contributed by atoms with Crippen molar-refractivity contribution >= 4 is 17.5 Å². The molecule has 0 aliphatic rings. The zero-order chi connectivity index (χ0) is 13.2. The van der Waals surface area contributed by atoms with Gasteiger partial charge in [0, 0.05) is 25.5 Å². The topological polar surface area (TPSA) is 33.2 Å². The highest BCUT2D eigenvalue weighted by Gasteiger charge is 2.28. The number of nitrogens with zero attached hydrogens (tertiary/aromatic N) is 2. The van der Waals surface area contributed by atoms with Gasteiger partial charge in [0.1, 0.15) is 0 Å². The molecule has 0 bridgehead atoms. The van der Waals surface area contributed by atoms with Gasteiger partial charge >= 0.3 is 0 Å².